The molecule has 28 heavy (non-hydrogen) atoms. The molecule has 4 rings (SSSR count). The van der Waals surface area contributed by atoms with Crippen LogP contribution in [-0.2, 0) is 15.6 Å². The van der Waals surface area contributed by atoms with Crippen molar-refractivity contribution in [3.63, 3.8) is 0 Å². The van der Waals surface area contributed by atoms with Crippen molar-refractivity contribution in [3.05, 3.63) is 42.5 Å². The highest BCUT2D eigenvalue weighted by Crippen LogP contribution is 2.38. The lowest BCUT2D eigenvalue weighted by atomic mass is 9.88. The van der Waals surface area contributed by atoms with E-state index in [-0.39, 0.29) is 25.3 Å². The van der Waals surface area contributed by atoms with Crippen molar-refractivity contribution in [1.29, 1.82) is 10.5 Å². The standard InChI is InChI=1S/C19H18N6O2S/c1-2-28(26,27)24-12-19(13-24,5-6-20)25-11-14(9-15(25)10-21)16-3-7-22-18-17(16)4-8-23-18/h3-4,7-9,11H,2,5,12-13H2,1H3,(H,22,23). The van der Waals surface area contributed by atoms with Crippen LogP contribution in [0.25, 0.3) is 22.2 Å². The summed E-state index contributed by atoms with van der Waals surface area (Å²) in [6.07, 6.45) is 5.47. The first-order valence-electron chi connectivity index (χ1n) is 8.84. The number of nitrogens with zero attached hydrogens (tertiary/aromatic N) is 5. The largest absolute Gasteiger partial charge is 0.346 e. The zero-order chi connectivity index (χ0) is 19.9. The third-order valence-corrected chi connectivity index (χ3v) is 7.10. The Morgan fingerprint density at radius 3 is 2.79 bits per heavy atom. The molecule has 1 saturated heterocycles. The van der Waals surface area contributed by atoms with Gasteiger partial charge in [0.2, 0.25) is 10.0 Å². The van der Waals surface area contributed by atoms with Crippen molar-refractivity contribution in [2.75, 3.05) is 18.8 Å². The summed E-state index contributed by atoms with van der Waals surface area (Å²) >= 11 is 0. The maximum atomic E-state index is 12.2. The number of nitrogens with one attached hydrogen (secondary N) is 1. The highest BCUT2D eigenvalue weighted by Gasteiger charge is 2.49. The van der Waals surface area contributed by atoms with E-state index in [9.17, 15) is 18.9 Å². The Labute approximate surface area is 162 Å². The fourth-order valence-corrected chi connectivity index (χ4v) is 5.03. The summed E-state index contributed by atoms with van der Waals surface area (Å²) < 4.78 is 27.5. The van der Waals surface area contributed by atoms with E-state index in [2.05, 4.69) is 22.1 Å². The van der Waals surface area contributed by atoms with E-state index >= 15 is 0 Å². The maximum Gasteiger partial charge on any atom is 0.213 e. The molecule has 0 aromatic carbocycles. The molecule has 1 aliphatic rings. The third-order valence-electron chi connectivity index (χ3n) is 5.32. The summed E-state index contributed by atoms with van der Waals surface area (Å²) in [5.41, 5.74) is 2.17. The van der Waals surface area contributed by atoms with Gasteiger partial charge in [0, 0.05) is 42.6 Å². The number of rotatable bonds is 5. The van der Waals surface area contributed by atoms with Gasteiger partial charge in [-0.25, -0.2) is 13.4 Å². The molecule has 0 bridgehead atoms. The number of fused-ring (bicyclic) bond motifs is 1. The molecule has 0 spiro atoms. The van der Waals surface area contributed by atoms with Crippen molar-refractivity contribution >= 4 is 21.1 Å². The van der Waals surface area contributed by atoms with Gasteiger partial charge in [-0.2, -0.15) is 14.8 Å². The fourth-order valence-electron chi connectivity index (χ4n) is 3.79. The normalized spacial score (nSPS) is 16.4. The number of pyridine rings is 1. The maximum absolute atomic E-state index is 12.2. The smallest absolute Gasteiger partial charge is 0.213 e. The van der Waals surface area contributed by atoms with Crippen LogP contribution in [0.3, 0.4) is 0 Å². The van der Waals surface area contributed by atoms with Crippen molar-refractivity contribution in [1.82, 2.24) is 18.8 Å². The van der Waals surface area contributed by atoms with E-state index in [1.807, 2.05) is 18.3 Å². The molecule has 0 atom stereocenters. The lowest BCUT2D eigenvalue weighted by molar-refractivity contribution is 0.0843. The van der Waals surface area contributed by atoms with Crippen LogP contribution in [0.2, 0.25) is 0 Å². The van der Waals surface area contributed by atoms with Crippen molar-refractivity contribution in [2.45, 2.75) is 18.9 Å². The van der Waals surface area contributed by atoms with E-state index < -0.39 is 15.6 Å². The molecule has 0 aliphatic carbocycles. The monoisotopic (exact) mass is 394 g/mol. The van der Waals surface area contributed by atoms with Gasteiger partial charge in [-0.05, 0) is 30.7 Å². The first-order valence-corrected chi connectivity index (χ1v) is 10.5. The van der Waals surface area contributed by atoms with Gasteiger partial charge in [0.1, 0.15) is 17.4 Å². The summed E-state index contributed by atoms with van der Waals surface area (Å²) in [5, 5.41) is 20.0. The van der Waals surface area contributed by atoms with Crippen LogP contribution >= 0.6 is 0 Å². The van der Waals surface area contributed by atoms with Crippen molar-refractivity contribution in [3.8, 4) is 23.3 Å². The summed E-state index contributed by atoms with van der Waals surface area (Å²) in [6, 6.07) is 9.92. The van der Waals surface area contributed by atoms with E-state index in [0.29, 0.717) is 5.69 Å². The molecule has 1 N–H and O–H groups in total. The van der Waals surface area contributed by atoms with Crippen LogP contribution in [0, 0.1) is 22.7 Å². The first-order chi connectivity index (χ1) is 13.4. The Morgan fingerprint density at radius 2 is 2.11 bits per heavy atom. The molecule has 8 nitrogen and oxygen atoms in total. The average Bonchev–Trinajstić information content (AvgIpc) is 3.30. The molecular weight excluding hydrogens is 376 g/mol. The molecule has 142 valence electrons. The van der Waals surface area contributed by atoms with Gasteiger partial charge in [0.25, 0.3) is 0 Å². The minimum atomic E-state index is -3.33. The Kier molecular flexibility index (Phi) is 4.22. The minimum Gasteiger partial charge on any atom is -0.346 e. The summed E-state index contributed by atoms with van der Waals surface area (Å²) in [4.78, 5) is 7.35. The van der Waals surface area contributed by atoms with E-state index in [1.54, 1.807) is 30.0 Å². The van der Waals surface area contributed by atoms with Crippen LogP contribution in [0.1, 0.15) is 19.0 Å². The van der Waals surface area contributed by atoms with Gasteiger partial charge >= 0.3 is 0 Å². The second-order valence-electron chi connectivity index (χ2n) is 6.92. The van der Waals surface area contributed by atoms with E-state index in [4.69, 9.17) is 0 Å². The SMILES string of the molecule is CCS(=O)(=O)N1CC(CC#N)(n2cc(-c3ccnc4[nH]ccc34)cc2C#N)C1. The van der Waals surface area contributed by atoms with Crippen molar-refractivity contribution < 1.29 is 8.42 Å². The van der Waals surface area contributed by atoms with Crippen LogP contribution < -0.4 is 0 Å². The first kappa shape index (κ1) is 18.2. The van der Waals surface area contributed by atoms with Crippen LogP contribution in [0.15, 0.2) is 36.8 Å². The Morgan fingerprint density at radius 1 is 1.32 bits per heavy atom. The molecule has 1 fully saturated rings. The van der Waals surface area contributed by atoms with Gasteiger partial charge < -0.3 is 9.55 Å². The number of nitriles is 2. The molecule has 1 aliphatic heterocycles. The van der Waals surface area contributed by atoms with E-state index in [0.717, 1.165) is 22.2 Å². The van der Waals surface area contributed by atoms with Gasteiger partial charge in [0.15, 0.2) is 0 Å². The molecule has 0 unspecified atom stereocenters. The summed E-state index contributed by atoms with van der Waals surface area (Å²) in [6.45, 7) is 1.98. The Balaban J connectivity index is 1.79. The van der Waals surface area contributed by atoms with Gasteiger partial charge in [-0.3, -0.25) is 0 Å². The van der Waals surface area contributed by atoms with Gasteiger partial charge in [-0.15, -0.1) is 0 Å². The highest BCUT2D eigenvalue weighted by atomic mass is 32.2. The second kappa shape index (κ2) is 6.48. The second-order valence-corrected chi connectivity index (χ2v) is 9.18. The number of aromatic amines is 1. The Hall–Kier alpha value is -3.14. The summed E-state index contributed by atoms with van der Waals surface area (Å²) in [5.74, 6) is 0.0140. The highest BCUT2D eigenvalue weighted by molar-refractivity contribution is 7.89. The zero-order valence-corrected chi connectivity index (χ0v) is 16.1. The Bertz CT molecular complexity index is 1240. The summed E-state index contributed by atoms with van der Waals surface area (Å²) in [7, 11) is -3.33. The predicted octanol–water partition coefficient (Wildman–Crippen LogP) is 2.18. The van der Waals surface area contributed by atoms with Gasteiger partial charge in [-0.1, -0.05) is 0 Å². The van der Waals surface area contributed by atoms with Gasteiger partial charge in [0.05, 0.1) is 23.8 Å². The topological polar surface area (TPSA) is 119 Å². The molecule has 3 aromatic heterocycles. The number of hydrogen-bond acceptors (Lipinski definition) is 5. The van der Waals surface area contributed by atoms with Crippen LogP contribution in [0.4, 0.5) is 0 Å². The number of aromatic nitrogens is 3. The third kappa shape index (κ3) is 2.68. The fraction of sp³-hybridized carbons (Fsp3) is 0.316. The molecule has 0 radical (unpaired) electrons. The molecule has 0 amide bonds. The molecule has 4 heterocycles. The number of H-pyrrole nitrogens is 1. The van der Waals surface area contributed by atoms with E-state index in [1.165, 1.54) is 4.31 Å². The number of hydrogen-bond donors (Lipinski definition) is 1. The number of sulfonamides is 1. The molecular formula is C19H18N6O2S. The lowest BCUT2D eigenvalue weighted by Gasteiger charge is -2.49. The minimum absolute atomic E-state index is 0.0140. The average molecular weight is 394 g/mol. The van der Waals surface area contributed by atoms with Crippen LogP contribution in [-0.4, -0.2) is 46.1 Å². The molecule has 0 saturated carbocycles. The lowest BCUT2D eigenvalue weighted by Crippen LogP contribution is -2.64. The zero-order valence-electron chi connectivity index (χ0n) is 15.3. The van der Waals surface area contributed by atoms with Crippen molar-refractivity contribution in [2.24, 2.45) is 0 Å². The molecule has 3 aromatic rings. The van der Waals surface area contributed by atoms with Crippen LogP contribution in [0.5, 0.6) is 0 Å². The predicted molar refractivity (Wildman–Crippen MR) is 103 cm³/mol. The molecule has 9 heteroatoms. The quantitative estimate of drug-likeness (QED) is 0.711.